The van der Waals surface area contributed by atoms with E-state index in [4.69, 9.17) is 9.72 Å². The Morgan fingerprint density at radius 3 is 2.23 bits per heavy atom. The van der Waals surface area contributed by atoms with Crippen LogP contribution in [0.15, 0.2) is 83.9 Å². The molecule has 39 heavy (non-hydrogen) atoms. The van der Waals surface area contributed by atoms with Gasteiger partial charge >= 0.3 is 6.09 Å². The highest BCUT2D eigenvalue weighted by atomic mass is 16.6. The van der Waals surface area contributed by atoms with E-state index in [1.807, 2.05) is 61.6 Å². The van der Waals surface area contributed by atoms with E-state index in [2.05, 4.69) is 22.0 Å². The number of benzene rings is 2. The van der Waals surface area contributed by atoms with E-state index in [1.165, 1.54) is 11.1 Å². The summed E-state index contributed by atoms with van der Waals surface area (Å²) in [5.41, 5.74) is 5.55. The van der Waals surface area contributed by atoms with Crippen molar-refractivity contribution >= 4 is 11.8 Å². The molecular weight excluding hydrogens is 490 g/mol. The lowest BCUT2D eigenvalue weighted by molar-refractivity contribution is 0.0864. The summed E-state index contributed by atoms with van der Waals surface area (Å²) in [4.78, 5) is 39.8. The van der Waals surface area contributed by atoms with Crippen LogP contribution in [-0.2, 0) is 31.5 Å². The van der Waals surface area contributed by atoms with Gasteiger partial charge in [0.05, 0.1) is 0 Å². The van der Waals surface area contributed by atoms with Crippen molar-refractivity contribution in [1.29, 1.82) is 0 Å². The van der Waals surface area contributed by atoms with E-state index < -0.39 is 0 Å². The number of amides is 1. The lowest BCUT2D eigenvalue weighted by atomic mass is 9.95. The molecule has 0 aliphatic carbocycles. The van der Waals surface area contributed by atoms with Crippen LogP contribution in [0.4, 0.5) is 10.5 Å². The Morgan fingerprint density at radius 1 is 0.923 bits per heavy atom. The number of pyridine rings is 1. The van der Waals surface area contributed by atoms with Gasteiger partial charge in [-0.25, -0.2) is 9.78 Å². The van der Waals surface area contributed by atoms with Crippen molar-refractivity contribution in [1.82, 2.24) is 19.4 Å². The smallest absolute Gasteiger partial charge is 0.410 e. The summed E-state index contributed by atoms with van der Waals surface area (Å²) < 4.78 is 7.24. The monoisotopic (exact) mass is 521 g/mol. The van der Waals surface area contributed by atoms with Gasteiger partial charge in [0, 0.05) is 57.1 Å². The number of aromatic nitrogens is 3. The second kappa shape index (κ2) is 10.7. The summed E-state index contributed by atoms with van der Waals surface area (Å²) in [6.45, 7) is 2.72. The first-order chi connectivity index (χ1) is 19.1. The Labute approximate surface area is 227 Å². The average molecular weight is 522 g/mol. The first kappa shape index (κ1) is 24.9. The zero-order chi connectivity index (χ0) is 26.8. The van der Waals surface area contributed by atoms with E-state index >= 15 is 0 Å². The molecular formula is C31H31N5O3. The molecule has 1 saturated heterocycles. The fourth-order valence-corrected chi connectivity index (χ4v) is 5.59. The first-order valence-electron chi connectivity index (χ1n) is 13.4. The fourth-order valence-electron chi connectivity index (χ4n) is 5.59. The number of nitrogens with zero attached hydrogens (tertiary/aromatic N) is 5. The average Bonchev–Trinajstić information content (AvgIpc) is 3.42. The van der Waals surface area contributed by atoms with Crippen LogP contribution in [-0.4, -0.2) is 38.6 Å². The zero-order valence-corrected chi connectivity index (χ0v) is 22.0. The zero-order valence-electron chi connectivity index (χ0n) is 22.0. The van der Waals surface area contributed by atoms with Crippen LogP contribution < -0.4 is 10.5 Å². The minimum Gasteiger partial charge on any atom is -0.445 e. The van der Waals surface area contributed by atoms with E-state index in [9.17, 15) is 9.59 Å². The van der Waals surface area contributed by atoms with Crippen LogP contribution in [0.25, 0.3) is 11.3 Å². The molecule has 4 aromatic rings. The molecule has 1 amide bonds. The molecule has 0 saturated carbocycles. The number of fused-ring (bicyclic) bond motifs is 1. The summed E-state index contributed by atoms with van der Waals surface area (Å²) in [5.74, 6) is 0.816. The summed E-state index contributed by atoms with van der Waals surface area (Å²) >= 11 is 0. The van der Waals surface area contributed by atoms with Gasteiger partial charge in [0.15, 0.2) is 0 Å². The van der Waals surface area contributed by atoms with Gasteiger partial charge in [-0.15, -0.1) is 0 Å². The van der Waals surface area contributed by atoms with Crippen molar-refractivity contribution in [2.24, 2.45) is 7.05 Å². The van der Waals surface area contributed by atoms with Crippen LogP contribution in [0.1, 0.15) is 41.3 Å². The van der Waals surface area contributed by atoms with Gasteiger partial charge in [0.2, 0.25) is 0 Å². The maximum atomic E-state index is 13.9. The molecule has 8 nitrogen and oxygen atoms in total. The van der Waals surface area contributed by atoms with E-state index in [-0.39, 0.29) is 24.2 Å². The highest BCUT2D eigenvalue weighted by Crippen LogP contribution is 2.35. The third-order valence-corrected chi connectivity index (χ3v) is 7.74. The molecule has 2 aromatic heterocycles. The van der Waals surface area contributed by atoms with Gasteiger partial charge < -0.3 is 14.5 Å². The molecule has 6 rings (SSSR count). The topological polar surface area (TPSA) is 80.6 Å². The molecule has 2 aliphatic heterocycles. The van der Waals surface area contributed by atoms with Gasteiger partial charge in [-0.1, -0.05) is 54.6 Å². The van der Waals surface area contributed by atoms with Crippen LogP contribution in [0.2, 0.25) is 0 Å². The molecule has 0 atom stereocenters. The third kappa shape index (κ3) is 5.02. The molecule has 0 unspecified atom stereocenters. The van der Waals surface area contributed by atoms with Crippen molar-refractivity contribution in [3.05, 3.63) is 112 Å². The largest absolute Gasteiger partial charge is 0.445 e. The fraction of sp³-hybridized carbons (Fsp3) is 0.290. The summed E-state index contributed by atoms with van der Waals surface area (Å²) in [6.07, 6.45) is 4.59. The van der Waals surface area contributed by atoms with E-state index in [0.717, 1.165) is 17.0 Å². The van der Waals surface area contributed by atoms with Crippen molar-refractivity contribution < 1.29 is 9.53 Å². The summed E-state index contributed by atoms with van der Waals surface area (Å²) in [6, 6.07) is 21.8. The molecule has 0 radical (unpaired) electrons. The molecule has 1 fully saturated rings. The molecule has 2 aliphatic rings. The molecule has 4 heterocycles. The molecule has 198 valence electrons. The Morgan fingerprint density at radius 2 is 1.56 bits per heavy atom. The highest BCUT2D eigenvalue weighted by molar-refractivity contribution is 5.75. The predicted octanol–water partition coefficient (Wildman–Crippen LogP) is 4.88. The van der Waals surface area contributed by atoms with E-state index in [0.29, 0.717) is 50.4 Å². The van der Waals surface area contributed by atoms with Gasteiger partial charge in [-0.2, -0.15) is 0 Å². The van der Waals surface area contributed by atoms with Crippen molar-refractivity contribution in [2.45, 2.75) is 38.5 Å². The maximum Gasteiger partial charge on any atom is 0.410 e. The molecule has 0 bridgehead atoms. The number of likely N-dealkylation sites (tertiary alicyclic amines) is 1. The number of ether oxygens (including phenoxy) is 1. The Hall–Kier alpha value is -4.46. The normalized spacial score (nSPS) is 15.3. The van der Waals surface area contributed by atoms with Crippen molar-refractivity contribution in [2.75, 3.05) is 18.0 Å². The number of rotatable bonds is 5. The number of carbonyl (C=O) groups excluding carboxylic acids is 1. The maximum absolute atomic E-state index is 13.9. The predicted molar refractivity (Wildman–Crippen MR) is 149 cm³/mol. The minimum absolute atomic E-state index is 0.0516. The molecule has 0 spiro atoms. The Balaban J connectivity index is 1.24. The lowest BCUT2D eigenvalue weighted by Gasteiger charge is -2.32. The van der Waals surface area contributed by atoms with Crippen molar-refractivity contribution in [3.8, 4) is 11.3 Å². The number of hydrogen-bond acceptors (Lipinski definition) is 6. The van der Waals surface area contributed by atoms with Crippen molar-refractivity contribution in [3.63, 3.8) is 0 Å². The Kier molecular flexibility index (Phi) is 6.84. The summed E-state index contributed by atoms with van der Waals surface area (Å²) in [5, 5.41) is 0. The second-order valence-electron chi connectivity index (χ2n) is 10.2. The van der Waals surface area contributed by atoms with Crippen LogP contribution in [0, 0.1) is 0 Å². The minimum atomic E-state index is -0.305. The van der Waals surface area contributed by atoms with Crippen LogP contribution in [0.5, 0.6) is 0 Å². The standard InChI is InChI=1S/C31H31N5O3/c1-34-29(24-13-17-35(18-14-24)31(38)39-21-22-7-3-2-4-8-22)33-27(23-11-15-32-16-12-23)28(30(34)37)36-19-25-9-5-6-10-26(25)20-36/h2-12,15-16,24H,13-14,17-21H2,1H3. The van der Waals surface area contributed by atoms with Crippen LogP contribution >= 0.6 is 0 Å². The molecule has 0 N–H and O–H groups in total. The van der Waals surface area contributed by atoms with Gasteiger partial charge in [0.25, 0.3) is 5.56 Å². The Bertz CT molecular complexity index is 1500. The summed E-state index contributed by atoms with van der Waals surface area (Å²) in [7, 11) is 1.81. The van der Waals surface area contributed by atoms with Gasteiger partial charge in [0.1, 0.15) is 23.8 Å². The molecule has 8 heteroatoms. The number of carbonyl (C=O) groups is 1. The molecule has 2 aromatic carbocycles. The lowest BCUT2D eigenvalue weighted by Crippen LogP contribution is -2.40. The van der Waals surface area contributed by atoms with E-state index in [1.54, 1.807) is 21.9 Å². The van der Waals surface area contributed by atoms with Crippen LogP contribution in [0.3, 0.4) is 0 Å². The number of anilines is 1. The number of piperidine rings is 1. The first-order valence-corrected chi connectivity index (χ1v) is 13.4. The SMILES string of the molecule is Cn1c(C2CCN(C(=O)OCc3ccccc3)CC2)nc(-c2ccncc2)c(N2Cc3ccccc3C2)c1=O. The van der Waals surface area contributed by atoms with Gasteiger partial charge in [-0.3, -0.25) is 14.3 Å². The highest BCUT2D eigenvalue weighted by Gasteiger charge is 2.31. The third-order valence-electron chi connectivity index (χ3n) is 7.74. The number of hydrogen-bond donors (Lipinski definition) is 0. The quantitative estimate of drug-likeness (QED) is 0.373. The van der Waals surface area contributed by atoms with Gasteiger partial charge in [-0.05, 0) is 41.7 Å². The second-order valence-corrected chi connectivity index (χ2v) is 10.2.